The third-order valence-corrected chi connectivity index (χ3v) is 4.00. The average Bonchev–Trinajstić information content (AvgIpc) is 2.40. The van der Waals surface area contributed by atoms with Crippen molar-refractivity contribution in [3.8, 4) is 0 Å². The van der Waals surface area contributed by atoms with Gasteiger partial charge in [-0.3, -0.25) is 4.90 Å². The third kappa shape index (κ3) is 2.62. The number of fused-ring (bicyclic) bond motifs is 1. The first-order valence-corrected chi connectivity index (χ1v) is 7.11. The van der Waals surface area contributed by atoms with Gasteiger partial charge >= 0.3 is 5.63 Å². The number of hydrogen-bond donors (Lipinski definition) is 1. The molecule has 2 heterocycles. The van der Waals surface area contributed by atoms with Gasteiger partial charge in [-0.15, -0.1) is 0 Å². The maximum atomic E-state index is 11.7. The van der Waals surface area contributed by atoms with Gasteiger partial charge < -0.3 is 9.73 Å². The molecule has 0 bridgehead atoms. The Bertz CT molecular complexity index is 678. The summed E-state index contributed by atoms with van der Waals surface area (Å²) < 4.78 is 5.31. The van der Waals surface area contributed by atoms with E-state index in [0.717, 1.165) is 42.7 Å². The van der Waals surface area contributed by atoms with E-state index in [0.29, 0.717) is 11.6 Å². The lowest BCUT2D eigenvalue weighted by molar-refractivity contribution is 0.166. The fourth-order valence-electron chi connectivity index (χ4n) is 2.80. The predicted octanol–water partition coefficient (Wildman–Crippen LogP) is 1.90. The Hall–Kier alpha value is -1.65. The molecule has 1 aliphatic rings. The van der Waals surface area contributed by atoms with E-state index >= 15 is 0 Å². The summed E-state index contributed by atoms with van der Waals surface area (Å²) in [5.41, 5.74) is 2.59. The van der Waals surface area contributed by atoms with Crippen molar-refractivity contribution < 1.29 is 4.42 Å². The zero-order valence-corrected chi connectivity index (χ0v) is 12.0. The molecular weight excluding hydrogens is 252 g/mol. The number of hydrogen-bond acceptors (Lipinski definition) is 4. The monoisotopic (exact) mass is 272 g/mol. The second-order valence-electron chi connectivity index (χ2n) is 5.61. The molecule has 0 amide bonds. The Kier molecular flexibility index (Phi) is 3.59. The van der Waals surface area contributed by atoms with E-state index < -0.39 is 0 Å². The molecule has 3 rings (SSSR count). The quantitative estimate of drug-likeness (QED) is 0.848. The van der Waals surface area contributed by atoms with E-state index in [-0.39, 0.29) is 5.63 Å². The van der Waals surface area contributed by atoms with Gasteiger partial charge in [0.25, 0.3) is 0 Å². The minimum Gasteiger partial charge on any atom is -0.423 e. The summed E-state index contributed by atoms with van der Waals surface area (Å²) in [4.78, 5) is 14.1. The summed E-state index contributed by atoms with van der Waals surface area (Å²) >= 11 is 0. The summed E-state index contributed by atoms with van der Waals surface area (Å²) in [6.07, 6.45) is 0. The number of nitrogens with one attached hydrogen (secondary N) is 1. The molecule has 1 aliphatic heterocycles. The van der Waals surface area contributed by atoms with Crippen molar-refractivity contribution in [3.63, 3.8) is 0 Å². The summed E-state index contributed by atoms with van der Waals surface area (Å²) in [5, 5.41) is 4.43. The highest BCUT2D eigenvalue weighted by molar-refractivity contribution is 5.80. The highest BCUT2D eigenvalue weighted by atomic mass is 16.4. The molecule has 0 aliphatic carbocycles. The van der Waals surface area contributed by atoms with Crippen LogP contribution < -0.4 is 10.9 Å². The van der Waals surface area contributed by atoms with E-state index in [1.165, 1.54) is 0 Å². The van der Waals surface area contributed by atoms with Gasteiger partial charge in [-0.25, -0.2) is 4.79 Å². The molecule has 1 aromatic heterocycles. The van der Waals surface area contributed by atoms with Gasteiger partial charge in [0.1, 0.15) is 5.58 Å². The Balaban J connectivity index is 2.00. The van der Waals surface area contributed by atoms with E-state index in [1.807, 2.05) is 13.0 Å². The maximum Gasteiger partial charge on any atom is 0.336 e. The van der Waals surface area contributed by atoms with Crippen molar-refractivity contribution >= 4 is 11.0 Å². The molecule has 106 valence electrons. The molecule has 1 fully saturated rings. The first-order chi connectivity index (χ1) is 9.63. The lowest BCUT2D eigenvalue weighted by atomic mass is 10.1. The number of rotatable bonds is 2. The molecule has 1 atom stereocenters. The number of piperazine rings is 1. The molecule has 1 N–H and O–H groups in total. The van der Waals surface area contributed by atoms with E-state index in [9.17, 15) is 4.79 Å². The van der Waals surface area contributed by atoms with Crippen LogP contribution in [-0.4, -0.2) is 30.6 Å². The van der Waals surface area contributed by atoms with Crippen molar-refractivity contribution in [3.05, 3.63) is 45.8 Å². The summed E-state index contributed by atoms with van der Waals surface area (Å²) in [7, 11) is 0. The normalized spacial score (nSPS) is 20.4. The Morgan fingerprint density at radius 1 is 1.40 bits per heavy atom. The van der Waals surface area contributed by atoms with Crippen LogP contribution in [0.4, 0.5) is 0 Å². The molecular formula is C16H20N2O2. The topological polar surface area (TPSA) is 45.5 Å². The average molecular weight is 272 g/mol. The third-order valence-electron chi connectivity index (χ3n) is 4.00. The lowest BCUT2D eigenvalue weighted by Crippen LogP contribution is -2.49. The fourth-order valence-corrected chi connectivity index (χ4v) is 2.80. The molecule has 0 saturated carbocycles. The zero-order chi connectivity index (χ0) is 14.1. The van der Waals surface area contributed by atoms with E-state index in [4.69, 9.17) is 4.42 Å². The first-order valence-electron chi connectivity index (χ1n) is 7.11. The minimum absolute atomic E-state index is 0.263. The summed E-state index contributed by atoms with van der Waals surface area (Å²) in [6.45, 7) is 8.03. The molecule has 0 unspecified atom stereocenters. The van der Waals surface area contributed by atoms with E-state index in [2.05, 4.69) is 29.3 Å². The summed E-state index contributed by atoms with van der Waals surface area (Å²) in [5.74, 6) is 0. The van der Waals surface area contributed by atoms with E-state index in [1.54, 1.807) is 6.07 Å². The number of benzene rings is 1. The van der Waals surface area contributed by atoms with Crippen LogP contribution >= 0.6 is 0 Å². The van der Waals surface area contributed by atoms with Crippen LogP contribution in [0.3, 0.4) is 0 Å². The largest absolute Gasteiger partial charge is 0.423 e. The molecule has 0 radical (unpaired) electrons. The molecule has 0 spiro atoms. The van der Waals surface area contributed by atoms with Crippen molar-refractivity contribution in [2.75, 3.05) is 19.6 Å². The van der Waals surface area contributed by atoms with Crippen LogP contribution in [0, 0.1) is 6.92 Å². The van der Waals surface area contributed by atoms with Crippen LogP contribution in [0.15, 0.2) is 33.5 Å². The number of nitrogens with zero attached hydrogens (tertiary/aromatic N) is 1. The van der Waals surface area contributed by atoms with Gasteiger partial charge in [-0.05, 0) is 31.0 Å². The SMILES string of the molecule is Cc1ccc2c(CN3CCNC[C@@H]3C)cc(=O)oc2c1. The van der Waals surface area contributed by atoms with Gasteiger partial charge in [0.15, 0.2) is 0 Å². The van der Waals surface area contributed by atoms with Gasteiger partial charge in [0, 0.05) is 43.7 Å². The van der Waals surface area contributed by atoms with Crippen LogP contribution in [0.5, 0.6) is 0 Å². The van der Waals surface area contributed by atoms with Crippen molar-refractivity contribution in [2.24, 2.45) is 0 Å². The minimum atomic E-state index is -0.263. The van der Waals surface area contributed by atoms with Crippen LogP contribution in [0.1, 0.15) is 18.1 Å². The van der Waals surface area contributed by atoms with Crippen molar-refractivity contribution in [1.82, 2.24) is 10.2 Å². The van der Waals surface area contributed by atoms with Crippen molar-refractivity contribution in [2.45, 2.75) is 26.4 Å². The Morgan fingerprint density at radius 3 is 3.05 bits per heavy atom. The van der Waals surface area contributed by atoms with Gasteiger partial charge in [0.05, 0.1) is 0 Å². The number of aryl methyl sites for hydroxylation is 1. The highest BCUT2D eigenvalue weighted by Gasteiger charge is 2.19. The van der Waals surface area contributed by atoms with Crippen molar-refractivity contribution in [1.29, 1.82) is 0 Å². The zero-order valence-electron chi connectivity index (χ0n) is 12.0. The molecule has 1 saturated heterocycles. The molecule has 20 heavy (non-hydrogen) atoms. The Labute approximate surface area is 118 Å². The van der Waals surface area contributed by atoms with Crippen LogP contribution in [0.2, 0.25) is 0 Å². The molecule has 1 aromatic carbocycles. The highest BCUT2D eigenvalue weighted by Crippen LogP contribution is 2.20. The smallest absolute Gasteiger partial charge is 0.336 e. The van der Waals surface area contributed by atoms with Gasteiger partial charge in [-0.2, -0.15) is 0 Å². The molecule has 2 aromatic rings. The fraction of sp³-hybridized carbons (Fsp3) is 0.438. The maximum absolute atomic E-state index is 11.7. The predicted molar refractivity (Wildman–Crippen MR) is 80.0 cm³/mol. The van der Waals surface area contributed by atoms with Crippen LogP contribution in [-0.2, 0) is 6.54 Å². The molecule has 4 heteroatoms. The first kappa shape index (κ1) is 13.3. The Morgan fingerprint density at radius 2 is 2.25 bits per heavy atom. The second-order valence-corrected chi connectivity index (χ2v) is 5.61. The standard InChI is InChI=1S/C16H20N2O2/c1-11-3-4-14-13(8-16(19)20-15(14)7-11)10-18-6-5-17-9-12(18)2/h3-4,7-8,12,17H,5-6,9-10H2,1-2H3/t12-/m0/s1. The summed E-state index contributed by atoms with van der Waals surface area (Å²) in [6, 6.07) is 8.16. The van der Waals surface area contributed by atoms with Gasteiger partial charge in [-0.1, -0.05) is 12.1 Å². The second kappa shape index (κ2) is 5.38. The van der Waals surface area contributed by atoms with Crippen LogP contribution in [0.25, 0.3) is 11.0 Å². The molecule has 4 nitrogen and oxygen atoms in total. The van der Waals surface area contributed by atoms with Gasteiger partial charge in [0.2, 0.25) is 0 Å². The lowest BCUT2D eigenvalue weighted by Gasteiger charge is -2.34.